The van der Waals surface area contributed by atoms with Gasteiger partial charge in [-0.15, -0.1) is 0 Å². The van der Waals surface area contributed by atoms with Crippen LogP contribution in [0.1, 0.15) is 37.8 Å². The van der Waals surface area contributed by atoms with Crippen molar-refractivity contribution in [3.05, 3.63) is 47.5 Å². The average molecular weight is 441 g/mol. The van der Waals surface area contributed by atoms with Gasteiger partial charge < -0.3 is 24.2 Å². The fraction of sp³-hybridized carbons (Fsp3) is 0.500. The zero-order valence-electron chi connectivity index (χ0n) is 20.1. The third kappa shape index (κ3) is 5.86. The molecule has 32 heavy (non-hydrogen) atoms. The molecule has 2 aromatic rings. The fourth-order valence-electron chi connectivity index (χ4n) is 4.07. The molecule has 2 aromatic carbocycles. The lowest BCUT2D eigenvalue weighted by Crippen LogP contribution is -2.32. The predicted molar refractivity (Wildman–Crippen MR) is 127 cm³/mol. The van der Waals surface area contributed by atoms with Gasteiger partial charge in [-0.1, -0.05) is 26.0 Å². The van der Waals surface area contributed by atoms with Crippen molar-refractivity contribution in [1.82, 2.24) is 4.90 Å². The van der Waals surface area contributed by atoms with E-state index in [2.05, 4.69) is 31.9 Å². The highest BCUT2D eigenvalue weighted by atomic mass is 16.5. The number of nitrogens with zero attached hydrogens (tertiary/aromatic N) is 2. The molecule has 2 rings (SSSR count). The van der Waals surface area contributed by atoms with Crippen LogP contribution < -0.4 is 14.2 Å². The second-order valence-electron chi connectivity index (χ2n) is 8.47. The Hall–Kier alpha value is -2.91. The Bertz CT molecular complexity index is 923. The molecule has 0 heterocycles. The topological polar surface area (TPSA) is 75.0 Å². The molecule has 0 fully saturated rings. The van der Waals surface area contributed by atoms with Crippen LogP contribution in [-0.2, 0) is 11.8 Å². The van der Waals surface area contributed by atoms with E-state index in [9.17, 15) is 10.4 Å². The Morgan fingerprint density at radius 2 is 1.66 bits per heavy atom. The number of methoxy groups -OCH3 is 3. The number of ether oxygens (including phenoxy) is 3. The highest BCUT2D eigenvalue weighted by molar-refractivity contribution is 5.47. The van der Waals surface area contributed by atoms with E-state index >= 15 is 0 Å². The van der Waals surface area contributed by atoms with Crippen molar-refractivity contribution in [3.63, 3.8) is 0 Å². The van der Waals surface area contributed by atoms with Gasteiger partial charge in [0.15, 0.2) is 23.0 Å². The number of hydrogen-bond acceptors (Lipinski definition) is 6. The van der Waals surface area contributed by atoms with E-state index in [0.717, 1.165) is 43.5 Å². The van der Waals surface area contributed by atoms with Crippen LogP contribution in [0.4, 0.5) is 0 Å². The van der Waals surface area contributed by atoms with Crippen LogP contribution in [0.25, 0.3) is 0 Å². The van der Waals surface area contributed by atoms with Crippen LogP contribution >= 0.6 is 0 Å². The number of phenolic OH excluding ortho intramolecular Hbond substituents is 1. The minimum absolute atomic E-state index is 0.153. The first kappa shape index (κ1) is 25.4. The molecule has 6 nitrogen and oxygen atoms in total. The molecule has 0 aliphatic carbocycles. The van der Waals surface area contributed by atoms with E-state index in [4.69, 9.17) is 14.2 Å². The summed E-state index contributed by atoms with van der Waals surface area (Å²) < 4.78 is 16.0. The minimum Gasteiger partial charge on any atom is -0.504 e. The van der Waals surface area contributed by atoms with Crippen molar-refractivity contribution in [2.45, 2.75) is 38.5 Å². The molecular weight excluding hydrogens is 404 g/mol. The van der Waals surface area contributed by atoms with Crippen LogP contribution in [0.2, 0.25) is 0 Å². The number of aromatic hydroxyl groups is 1. The third-order valence-corrected chi connectivity index (χ3v) is 6.22. The molecule has 0 saturated carbocycles. The van der Waals surface area contributed by atoms with E-state index in [0.29, 0.717) is 17.2 Å². The van der Waals surface area contributed by atoms with Gasteiger partial charge in [-0.05, 0) is 74.2 Å². The van der Waals surface area contributed by atoms with Gasteiger partial charge in [-0.25, -0.2) is 0 Å². The number of likely N-dealkylation sites (N-methyl/N-ethyl adjacent to an activating group) is 1. The highest BCUT2D eigenvalue weighted by Crippen LogP contribution is 2.40. The number of hydrogen-bond donors (Lipinski definition) is 1. The highest BCUT2D eigenvalue weighted by Gasteiger charge is 2.36. The predicted octanol–water partition coefficient (Wildman–Crippen LogP) is 4.79. The second kappa shape index (κ2) is 11.6. The molecule has 0 radical (unpaired) electrons. The lowest BCUT2D eigenvalue weighted by Gasteiger charge is -2.32. The van der Waals surface area contributed by atoms with E-state index in [1.165, 1.54) is 0 Å². The van der Waals surface area contributed by atoms with Crippen molar-refractivity contribution in [2.75, 3.05) is 41.5 Å². The molecule has 0 aromatic heterocycles. The van der Waals surface area contributed by atoms with Crippen molar-refractivity contribution >= 4 is 0 Å². The summed E-state index contributed by atoms with van der Waals surface area (Å²) in [7, 11) is 6.88. The zero-order valence-corrected chi connectivity index (χ0v) is 20.1. The molecule has 6 heteroatoms. The summed E-state index contributed by atoms with van der Waals surface area (Å²) in [6.45, 7) is 5.97. The standard InChI is InChI=1S/C26H36N2O4/c1-19(2)26(18-27,21-9-11-23(30-4)25(17-21)32-6)13-7-14-28(3)15-12-20-8-10-22(29)24(16-20)31-5/h8-11,16-17,19,29H,7,12-15H2,1-6H3. The van der Waals surface area contributed by atoms with Crippen LogP contribution in [-0.4, -0.2) is 51.5 Å². The van der Waals surface area contributed by atoms with Crippen molar-refractivity contribution in [1.29, 1.82) is 5.26 Å². The van der Waals surface area contributed by atoms with E-state index < -0.39 is 5.41 Å². The first-order valence-electron chi connectivity index (χ1n) is 11.0. The van der Waals surface area contributed by atoms with E-state index in [1.807, 2.05) is 30.3 Å². The summed E-state index contributed by atoms with van der Waals surface area (Å²) in [5, 5.41) is 20.0. The van der Waals surface area contributed by atoms with Gasteiger partial charge in [0.05, 0.1) is 32.8 Å². The van der Waals surface area contributed by atoms with Gasteiger partial charge in [0.1, 0.15) is 0 Å². The van der Waals surface area contributed by atoms with Gasteiger partial charge in [-0.2, -0.15) is 5.26 Å². The van der Waals surface area contributed by atoms with Crippen molar-refractivity contribution < 1.29 is 19.3 Å². The average Bonchev–Trinajstić information content (AvgIpc) is 2.80. The SMILES string of the molecule is COc1cc(CCN(C)CCCC(C#N)(c2ccc(OC)c(OC)c2)C(C)C)ccc1O. The normalized spacial score (nSPS) is 13.0. The molecule has 0 spiro atoms. The Kier molecular flexibility index (Phi) is 9.22. The van der Waals surface area contributed by atoms with Gasteiger partial charge in [0, 0.05) is 6.54 Å². The van der Waals surface area contributed by atoms with Gasteiger partial charge >= 0.3 is 0 Å². The lowest BCUT2D eigenvalue weighted by atomic mass is 9.69. The summed E-state index contributed by atoms with van der Waals surface area (Å²) in [6.07, 6.45) is 2.51. The van der Waals surface area contributed by atoms with Crippen LogP contribution in [0, 0.1) is 17.2 Å². The number of nitriles is 1. The monoisotopic (exact) mass is 440 g/mol. The molecule has 0 aliphatic rings. The largest absolute Gasteiger partial charge is 0.504 e. The molecule has 0 bridgehead atoms. The maximum absolute atomic E-state index is 10.2. The van der Waals surface area contributed by atoms with Crippen molar-refractivity contribution in [2.24, 2.45) is 5.92 Å². The first-order chi connectivity index (χ1) is 15.3. The summed E-state index contributed by atoms with van der Waals surface area (Å²) in [6, 6.07) is 13.9. The lowest BCUT2D eigenvalue weighted by molar-refractivity contribution is 0.292. The van der Waals surface area contributed by atoms with E-state index in [1.54, 1.807) is 27.4 Å². The molecule has 0 saturated heterocycles. The summed E-state index contributed by atoms with van der Waals surface area (Å²) in [5.41, 5.74) is 1.49. The number of rotatable bonds is 12. The minimum atomic E-state index is -0.593. The molecule has 1 unspecified atom stereocenters. The summed E-state index contributed by atoms with van der Waals surface area (Å²) in [5.74, 6) is 2.11. The molecule has 0 aliphatic heterocycles. The molecular formula is C26H36N2O4. The van der Waals surface area contributed by atoms with Crippen LogP contribution in [0.3, 0.4) is 0 Å². The smallest absolute Gasteiger partial charge is 0.161 e. The molecule has 1 N–H and O–H groups in total. The Morgan fingerprint density at radius 3 is 2.25 bits per heavy atom. The Labute approximate surface area is 192 Å². The van der Waals surface area contributed by atoms with E-state index in [-0.39, 0.29) is 11.7 Å². The molecule has 174 valence electrons. The molecule has 1 atom stereocenters. The van der Waals surface area contributed by atoms with Gasteiger partial charge in [0.25, 0.3) is 0 Å². The first-order valence-corrected chi connectivity index (χ1v) is 11.0. The maximum atomic E-state index is 10.2. The fourth-order valence-corrected chi connectivity index (χ4v) is 4.07. The zero-order chi connectivity index (χ0) is 23.7. The van der Waals surface area contributed by atoms with Crippen molar-refractivity contribution in [3.8, 4) is 29.1 Å². The number of benzene rings is 2. The van der Waals surface area contributed by atoms with Crippen LogP contribution in [0.5, 0.6) is 23.0 Å². The Morgan fingerprint density at radius 1 is 0.969 bits per heavy atom. The summed E-state index contributed by atoms with van der Waals surface area (Å²) in [4.78, 5) is 2.27. The van der Waals surface area contributed by atoms with Gasteiger partial charge in [-0.3, -0.25) is 0 Å². The maximum Gasteiger partial charge on any atom is 0.161 e. The number of phenols is 1. The second-order valence-corrected chi connectivity index (χ2v) is 8.47. The third-order valence-electron chi connectivity index (χ3n) is 6.22. The summed E-state index contributed by atoms with van der Waals surface area (Å²) >= 11 is 0. The Balaban J connectivity index is 2.03. The van der Waals surface area contributed by atoms with Crippen LogP contribution in [0.15, 0.2) is 36.4 Å². The quantitative estimate of drug-likeness (QED) is 0.511. The molecule has 0 amide bonds. The van der Waals surface area contributed by atoms with Gasteiger partial charge in [0.2, 0.25) is 0 Å².